The second kappa shape index (κ2) is 13.3. The van der Waals surface area contributed by atoms with E-state index in [4.69, 9.17) is 4.74 Å². The summed E-state index contributed by atoms with van der Waals surface area (Å²) < 4.78 is 20.7. The number of hydrogen-bond donors (Lipinski definition) is 4. The number of morpholine rings is 1. The first-order chi connectivity index (χ1) is 18.4. The molecule has 1 saturated heterocycles. The monoisotopic (exact) mass is 520 g/mol. The van der Waals surface area contributed by atoms with E-state index >= 15 is 4.39 Å². The molecule has 4 rings (SSSR count). The molecule has 0 bridgehead atoms. The van der Waals surface area contributed by atoms with Crippen molar-refractivity contribution < 1.29 is 19.3 Å². The minimum atomic E-state index is -0.647. The summed E-state index contributed by atoms with van der Waals surface area (Å²) in [5, 5.41) is 22.8. The molecule has 2 heterocycles. The maximum absolute atomic E-state index is 15.3. The molecule has 200 valence electrons. The number of hydrogen-bond acceptors (Lipinski definition) is 7. The Morgan fingerprint density at radius 2 is 1.84 bits per heavy atom. The molecule has 0 spiro atoms. The highest BCUT2D eigenvalue weighted by molar-refractivity contribution is 5.45. The van der Waals surface area contributed by atoms with Crippen molar-refractivity contribution in [3.8, 4) is 17.6 Å². The van der Waals surface area contributed by atoms with Crippen LogP contribution in [0.15, 0.2) is 53.6 Å². The highest BCUT2D eigenvalue weighted by Crippen LogP contribution is 2.25. The normalized spacial score (nSPS) is 15.4. The Morgan fingerprint density at radius 1 is 1.13 bits per heavy atom. The van der Waals surface area contributed by atoms with Crippen LogP contribution in [0.25, 0.3) is 0 Å². The summed E-state index contributed by atoms with van der Waals surface area (Å²) in [6.07, 6.45) is 0.779. The molecular formula is C29H33FN4O4. The van der Waals surface area contributed by atoms with Crippen LogP contribution in [0.3, 0.4) is 0 Å². The van der Waals surface area contributed by atoms with Crippen LogP contribution in [0.5, 0.6) is 5.75 Å². The quantitative estimate of drug-likeness (QED) is 0.320. The Kier molecular flexibility index (Phi) is 9.62. The fourth-order valence-electron chi connectivity index (χ4n) is 4.36. The molecular weight excluding hydrogens is 487 g/mol. The van der Waals surface area contributed by atoms with Crippen LogP contribution >= 0.6 is 0 Å². The summed E-state index contributed by atoms with van der Waals surface area (Å²) in [6, 6.07) is 12.9. The third kappa shape index (κ3) is 7.73. The number of benzene rings is 2. The van der Waals surface area contributed by atoms with Crippen molar-refractivity contribution >= 4 is 0 Å². The Bertz CT molecular complexity index is 1320. The summed E-state index contributed by atoms with van der Waals surface area (Å²) in [5.41, 5.74) is 2.53. The fraction of sp³-hybridized carbons (Fsp3) is 0.379. The zero-order valence-electron chi connectivity index (χ0n) is 21.4. The van der Waals surface area contributed by atoms with E-state index in [1.165, 1.54) is 18.0 Å². The van der Waals surface area contributed by atoms with Crippen molar-refractivity contribution in [2.24, 2.45) is 0 Å². The van der Waals surface area contributed by atoms with Crippen molar-refractivity contribution in [1.29, 1.82) is 0 Å². The smallest absolute Gasteiger partial charge is 0.293 e. The van der Waals surface area contributed by atoms with Gasteiger partial charge in [0.05, 0.1) is 31.3 Å². The van der Waals surface area contributed by atoms with Gasteiger partial charge in [-0.1, -0.05) is 30.0 Å². The predicted octanol–water partition coefficient (Wildman–Crippen LogP) is 2.14. The van der Waals surface area contributed by atoms with Crippen molar-refractivity contribution in [1.82, 2.24) is 20.2 Å². The average molecular weight is 521 g/mol. The number of aliphatic hydroxyl groups is 1. The van der Waals surface area contributed by atoms with Gasteiger partial charge in [-0.15, -0.1) is 0 Å². The van der Waals surface area contributed by atoms with Crippen LogP contribution in [-0.4, -0.2) is 70.6 Å². The third-order valence-electron chi connectivity index (χ3n) is 6.43. The summed E-state index contributed by atoms with van der Waals surface area (Å²) in [5.74, 6) is 4.77. The van der Waals surface area contributed by atoms with Gasteiger partial charge in [-0.2, -0.15) is 0 Å². The second-order valence-corrected chi connectivity index (χ2v) is 9.51. The molecule has 1 aromatic heterocycles. The highest BCUT2D eigenvalue weighted by Gasteiger charge is 2.20. The maximum Gasteiger partial charge on any atom is 0.293 e. The number of H-pyrrole nitrogens is 1. The largest absolute Gasteiger partial charge is 0.502 e. The number of nitrogens with one attached hydrogen (secondary N) is 2. The Balaban J connectivity index is 1.47. The summed E-state index contributed by atoms with van der Waals surface area (Å²) in [7, 11) is 0. The van der Waals surface area contributed by atoms with Gasteiger partial charge in [-0.25, -0.2) is 9.37 Å². The molecule has 1 fully saturated rings. The lowest BCUT2D eigenvalue weighted by Crippen LogP contribution is -2.35. The topological polar surface area (TPSA) is 111 Å². The van der Waals surface area contributed by atoms with Gasteiger partial charge >= 0.3 is 0 Å². The molecule has 0 unspecified atom stereocenters. The van der Waals surface area contributed by atoms with E-state index in [0.29, 0.717) is 24.2 Å². The predicted molar refractivity (Wildman–Crippen MR) is 142 cm³/mol. The number of ether oxygens (including phenoxy) is 1. The zero-order valence-corrected chi connectivity index (χ0v) is 21.4. The van der Waals surface area contributed by atoms with E-state index in [0.717, 1.165) is 38.4 Å². The van der Waals surface area contributed by atoms with Gasteiger partial charge in [0.1, 0.15) is 5.82 Å². The molecule has 4 N–H and O–H groups in total. The molecule has 38 heavy (non-hydrogen) atoms. The minimum Gasteiger partial charge on any atom is -0.502 e. The average Bonchev–Trinajstić information content (AvgIpc) is 2.91. The number of nitrogens with zero attached hydrogens (tertiary/aromatic N) is 2. The zero-order chi connectivity index (χ0) is 26.9. The first-order valence-electron chi connectivity index (χ1n) is 12.7. The summed E-state index contributed by atoms with van der Waals surface area (Å²) in [4.78, 5) is 20.5. The van der Waals surface area contributed by atoms with E-state index in [1.54, 1.807) is 19.1 Å². The van der Waals surface area contributed by atoms with Crippen LogP contribution < -0.4 is 10.9 Å². The molecule has 0 saturated carbocycles. The molecule has 8 nitrogen and oxygen atoms in total. The molecule has 1 aliphatic rings. The lowest BCUT2D eigenvalue weighted by atomic mass is 9.92. The van der Waals surface area contributed by atoms with Crippen molar-refractivity contribution in [3.05, 3.63) is 92.9 Å². The number of aliphatic hydroxyl groups excluding tert-OH is 1. The van der Waals surface area contributed by atoms with Crippen LogP contribution in [0.2, 0.25) is 0 Å². The molecule has 0 aliphatic carbocycles. The fourth-order valence-corrected chi connectivity index (χ4v) is 4.36. The molecule has 3 aromatic rings. The Labute approximate surface area is 221 Å². The van der Waals surface area contributed by atoms with E-state index < -0.39 is 29.1 Å². The van der Waals surface area contributed by atoms with Crippen LogP contribution in [0.1, 0.15) is 40.8 Å². The summed E-state index contributed by atoms with van der Waals surface area (Å²) >= 11 is 0. The lowest BCUT2D eigenvalue weighted by molar-refractivity contribution is 0.0342. The first kappa shape index (κ1) is 27.5. The molecule has 9 heteroatoms. The molecule has 1 aliphatic heterocycles. The first-order valence-corrected chi connectivity index (χ1v) is 12.7. The van der Waals surface area contributed by atoms with Gasteiger partial charge in [0, 0.05) is 56.2 Å². The maximum atomic E-state index is 15.3. The molecule has 2 aromatic carbocycles. The van der Waals surface area contributed by atoms with Crippen molar-refractivity contribution in [3.63, 3.8) is 0 Å². The molecule has 0 radical (unpaired) electrons. The van der Waals surface area contributed by atoms with Gasteiger partial charge in [-0.3, -0.25) is 9.69 Å². The van der Waals surface area contributed by atoms with E-state index in [2.05, 4.69) is 44.2 Å². The SMILES string of the molecule is C[C@@H](O)CNC[C@@H](Cc1nc[nH]c(=O)c1O)c1ccc(C#Cc2ccc(CN3CCOCC3)cc2)cc1F. The Morgan fingerprint density at radius 3 is 2.55 bits per heavy atom. The van der Waals surface area contributed by atoms with Gasteiger partial charge < -0.3 is 25.3 Å². The number of halogens is 1. The van der Waals surface area contributed by atoms with Gasteiger partial charge in [0.2, 0.25) is 5.75 Å². The second-order valence-electron chi connectivity index (χ2n) is 9.51. The molecule has 0 amide bonds. The number of aromatic hydroxyl groups is 1. The third-order valence-corrected chi connectivity index (χ3v) is 6.43. The standard InChI is InChI=1S/C29H33FN4O4/c1-20(35)16-31-17-24(15-27-28(36)29(37)33-19-32-27)25-9-8-22(14-26(25)30)5-2-21-3-6-23(7-4-21)18-34-10-12-38-13-11-34/h3-4,6-9,14,19-20,24,31,35-36H,10-13,15-18H2,1H3,(H,32,33,37)/t20-,24-/m1/s1. The molecule has 2 atom stereocenters. The van der Waals surface area contributed by atoms with Crippen LogP contribution in [0, 0.1) is 17.7 Å². The number of aromatic nitrogens is 2. The van der Waals surface area contributed by atoms with E-state index in [-0.39, 0.29) is 12.1 Å². The van der Waals surface area contributed by atoms with Crippen molar-refractivity contribution in [2.75, 3.05) is 39.4 Å². The number of rotatable bonds is 9. The lowest BCUT2D eigenvalue weighted by Gasteiger charge is -2.26. The van der Waals surface area contributed by atoms with Gasteiger partial charge in [0.15, 0.2) is 0 Å². The minimum absolute atomic E-state index is 0.140. The van der Waals surface area contributed by atoms with Crippen molar-refractivity contribution in [2.45, 2.75) is 31.9 Å². The van der Waals surface area contributed by atoms with Crippen LogP contribution in [-0.2, 0) is 17.7 Å². The number of aromatic amines is 1. The van der Waals surface area contributed by atoms with Crippen LogP contribution in [0.4, 0.5) is 4.39 Å². The summed E-state index contributed by atoms with van der Waals surface area (Å²) in [6.45, 7) is 6.56. The van der Waals surface area contributed by atoms with Gasteiger partial charge in [0.25, 0.3) is 5.56 Å². The Hall–Kier alpha value is -3.55. The highest BCUT2D eigenvalue weighted by atomic mass is 19.1. The van der Waals surface area contributed by atoms with Gasteiger partial charge in [-0.05, 0) is 42.3 Å². The van der Waals surface area contributed by atoms with E-state index in [9.17, 15) is 15.0 Å². The van der Waals surface area contributed by atoms with E-state index in [1.807, 2.05) is 12.1 Å².